The van der Waals surface area contributed by atoms with Crippen molar-refractivity contribution in [3.8, 4) is 0 Å². The number of hydrogen-bond donors (Lipinski definition) is 0. The van der Waals surface area contributed by atoms with Gasteiger partial charge in [0, 0.05) is 24.3 Å². The van der Waals surface area contributed by atoms with Crippen LogP contribution in [0, 0.1) is 0 Å². The van der Waals surface area contributed by atoms with Crippen LogP contribution in [-0.2, 0) is 16.1 Å². The number of anilines is 1. The molecule has 0 bridgehead atoms. The minimum atomic E-state index is -2.71. The summed E-state index contributed by atoms with van der Waals surface area (Å²) in [5.41, 5.74) is 0.694. The summed E-state index contributed by atoms with van der Waals surface area (Å²) >= 11 is 1.43. The topological polar surface area (TPSA) is 58.4 Å². The van der Waals surface area contributed by atoms with Crippen LogP contribution in [0.3, 0.4) is 0 Å². The molecule has 2 amide bonds. The van der Waals surface area contributed by atoms with Gasteiger partial charge in [-0.05, 0) is 12.1 Å². The number of nitrogens with zero attached hydrogens (tertiary/aromatic N) is 4. The third-order valence-electron chi connectivity index (χ3n) is 3.87. The highest BCUT2D eigenvalue weighted by atomic mass is 32.2. The Morgan fingerprint density at radius 2 is 2.16 bits per heavy atom. The van der Waals surface area contributed by atoms with Crippen LogP contribution in [-0.4, -0.2) is 45.6 Å². The standard InChI is InChI=1S/C16H16F2N4O2S/c1-20(8-13-19-6-7-21(13)16(17)18)14(23)9-22-11-4-2-3-5-12(11)25-10-15(22)24/h2-7,16H,8-10H2,1H3. The largest absolute Gasteiger partial charge is 0.337 e. The number of alkyl halides is 2. The fourth-order valence-corrected chi connectivity index (χ4v) is 3.46. The number of thioether (sulfide) groups is 1. The van der Waals surface area contributed by atoms with Crippen molar-refractivity contribution in [2.75, 3.05) is 24.2 Å². The Morgan fingerprint density at radius 1 is 1.40 bits per heavy atom. The number of likely N-dealkylation sites (N-methyl/N-ethyl adjacent to an activating group) is 1. The van der Waals surface area contributed by atoms with Crippen molar-refractivity contribution in [2.45, 2.75) is 18.0 Å². The van der Waals surface area contributed by atoms with E-state index in [4.69, 9.17) is 0 Å². The molecule has 9 heteroatoms. The number of hydrogen-bond acceptors (Lipinski definition) is 4. The smallest absolute Gasteiger partial charge is 0.319 e. The molecule has 0 N–H and O–H groups in total. The van der Waals surface area contributed by atoms with Gasteiger partial charge in [0.1, 0.15) is 12.4 Å². The first-order valence-corrected chi connectivity index (χ1v) is 8.52. The van der Waals surface area contributed by atoms with Gasteiger partial charge < -0.3 is 9.80 Å². The molecule has 2 heterocycles. The lowest BCUT2D eigenvalue weighted by Gasteiger charge is -2.29. The Labute approximate surface area is 147 Å². The van der Waals surface area contributed by atoms with Crippen molar-refractivity contribution in [1.82, 2.24) is 14.5 Å². The van der Waals surface area contributed by atoms with Gasteiger partial charge in [-0.3, -0.25) is 14.2 Å². The summed E-state index contributed by atoms with van der Waals surface area (Å²) in [4.78, 5) is 32.2. The molecule has 2 aromatic rings. The van der Waals surface area contributed by atoms with Gasteiger partial charge in [-0.15, -0.1) is 11.8 Å². The quantitative estimate of drug-likeness (QED) is 0.815. The average Bonchev–Trinajstić information content (AvgIpc) is 3.05. The molecule has 0 spiro atoms. The molecule has 1 aliphatic rings. The van der Waals surface area contributed by atoms with Crippen LogP contribution in [0.4, 0.5) is 14.5 Å². The fraction of sp³-hybridized carbons (Fsp3) is 0.312. The zero-order valence-electron chi connectivity index (χ0n) is 13.4. The van der Waals surface area contributed by atoms with Crippen molar-refractivity contribution >= 4 is 29.3 Å². The number of benzene rings is 1. The molecule has 6 nitrogen and oxygen atoms in total. The molecule has 0 radical (unpaired) electrons. The molecule has 132 valence electrons. The molecule has 1 aromatic carbocycles. The van der Waals surface area contributed by atoms with E-state index in [1.165, 1.54) is 41.0 Å². The van der Waals surface area contributed by atoms with Gasteiger partial charge in [0.2, 0.25) is 11.8 Å². The molecule has 0 saturated carbocycles. The van der Waals surface area contributed by atoms with Gasteiger partial charge in [-0.1, -0.05) is 12.1 Å². The number of aromatic nitrogens is 2. The Balaban J connectivity index is 1.71. The fourth-order valence-electron chi connectivity index (χ4n) is 2.53. The summed E-state index contributed by atoms with van der Waals surface area (Å²) in [5, 5.41) is 0. The van der Waals surface area contributed by atoms with Crippen LogP contribution < -0.4 is 4.90 Å². The van der Waals surface area contributed by atoms with E-state index >= 15 is 0 Å². The first kappa shape index (κ1) is 17.4. The number of halogens is 2. The van der Waals surface area contributed by atoms with Crippen LogP contribution in [0.2, 0.25) is 0 Å². The summed E-state index contributed by atoms with van der Waals surface area (Å²) in [5.74, 6) is -0.144. The van der Waals surface area contributed by atoms with Crippen molar-refractivity contribution in [3.63, 3.8) is 0 Å². The third-order valence-corrected chi connectivity index (χ3v) is 4.91. The second-order valence-electron chi connectivity index (χ2n) is 5.51. The molecule has 0 saturated heterocycles. The highest BCUT2D eigenvalue weighted by Crippen LogP contribution is 2.34. The number of fused-ring (bicyclic) bond motifs is 1. The van der Waals surface area contributed by atoms with Crippen LogP contribution in [0.15, 0.2) is 41.6 Å². The first-order chi connectivity index (χ1) is 12.0. The molecule has 0 fully saturated rings. The number of para-hydroxylation sites is 1. The molecule has 25 heavy (non-hydrogen) atoms. The lowest BCUT2D eigenvalue weighted by Crippen LogP contribution is -2.43. The maximum atomic E-state index is 12.9. The van der Waals surface area contributed by atoms with Crippen LogP contribution in [0.5, 0.6) is 0 Å². The highest BCUT2D eigenvalue weighted by Gasteiger charge is 2.27. The number of imidazole rings is 1. The van der Waals surface area contributed by atoms with Gasteiger partial charge in [-0.2, -0.15) is 8.78 Å². The van der Waals surface area contributed by atoms with Crippen molar-refractivity contribution in [1.29, 1.82) is 0 Å². The second kappa shape index (κ2) is 7.22. The molecular formula is C16H16F2N4O2S. The summed E-state index contributed by atoms with van der Waals surface area (Å²) in [7, 11) is 1.50. The highest BCUT2D eigenvalue weighted by molar-refractivity contribution is 8.00. The van der Waals surface area contributed by atoms with E-state index in [1.54, 1.807) is 12.1 Å². The average molecular weight is 366 g/mol. The van der Waals surface area contributed by atoms with E-state index in [0.29, 0.717) is 10.3 Å². The lowest BCUT2D eigenvalue weighted by atomic mass is 10.2. The van der Waals surface area contributed by atoms with E-state index < -0.39 is 6.55 Å². The molecule has 1 aromatic heterocycles. The minimum absolute atomic E-state index is 0.0609. The zero-order valence-corrected chi connectivity index (χ0v) is 14.2. The summed E-state index contributed by atoms with van der Waals surface area (Å²) in [6.45, 7) is -2.91. The maximum Gasteiger partial charge on any atom is 0.319 e. The van der Waals surface area contributed by atoms with E-state index in [-0.39, 0.29) is 36.5 Å². The van der Waals surface area contributed by atoms with E-state index in [0.717, 1.165) is 4.90 Å². The Morgan fingerprint density at radius 3 is 2.92 bits per heavy atom. The summed E-state index contributed by atoms with van der Waals surface area (Å²) < 4.78 is 26.4. The number of carbonyl (C=O) groups excluding carboxylic acids is 2. The number of rotatable bonds is 5. The summed E-state index contributed by atoms with van der Waals surface area (Å²) in [6.07, 6.45) is 2.43. The Kier molecular flexibility index (Phi) is 5.03. The van der Waals surface area contributed by atoms with Gasteiger partial charge in [0.25, 0.3) is 0 Å². The maximum absolute atomic E-state index is 12.9. The molecular weight excluding hydrogens is 350 g/mol. The van der Waals surface area contributed by atoms with E-state index in [9.17, 15) is 18.4 Å². The second-order valence-corrected chi connectivity index (χ2v) is 6.53. The molecule has 3 rings (SSSR count). The van der Waals surface area contributed by atoms with Crippen LogP contribution in [0.1, 0.15) is 12.4 Å². The SMILES string of the molecule is CN(Cc1nccn1C(F)F)C(=O)CN1C(=O)CSc2ccccc21. The zero-order chi connectivity index (χ0) is 18.0. The van der Waals surface area contributed by atoms with E-state index in [1.807, 2.05) is 12.1 Å². The van der Waals surface area contributed by atoms with Crippen LogP contribution >= 0.6 is 11.8 Å². The lowest BCUT2D eigenvalue weighted by molar-refractivity contribution is -0.130. The predicted molar refractivity (Wildman–Crippen MR) is 89.5 cm³/mol. The monoisotopic (exact) mass is 366 g/mol. The normalized spacial score (nSPS) is 13.9. The molecule has 0 atom stereocenters. The number of amides is 2. The predicted octanol–water partition coefficient (Wildman–Crippen LogP) is 2.38. The molecule has 0 aliphatic carbocycles. The third kappa shape index (κ3) is 3.65. The van der Waals surface area contributed by atoms with E-state index in [2.05, 4.69) is 4.98 Å². The van der Waals surface area contributed by atoms with Gasteiger partial charge >= 0.3 is 6.55 Å². The van der Waals surface area contributed by atoms with Crippen molar-refractivity contribution < 1.29 is 18.4 Å². The van der Waals surface area contributed by atoms with Crippen molar-refractivity contribution in [2.24, 2.45) is 0 Å². The van der Waals surface area contributed by atoms with Crippen molar-refractivity contribution in [3.05, 3.63) is 42.5 Å². The number of carbonyl (C=O) groups is 2. The molecule has 1 aliphatic heterocycles. The van der Waals surface area contributed by atoms with Gasteiger partial charge in [0.15, 0.2) is 0 Å². The minimum Gasteiger partial charge on any atom is -0.337 e. The van der Waals surface area contributed by atoms with Crippen LogP contribution in [0.25, 0.3) is 0 Å². The Hall–Kier alpha value is -2.42. The Bertz CT molecular complexity index is 796. The first-order valence-electron chi connectivity index (χ1n) is 7.53. The molecule has 0 unspecified atom stereocenters. The van der Waals surface area contributed by atoms with Gasteiger partial charge in [-0.25, -0.2) is 4.98 Å². The van der Waals surface area contributed by atoms with Gasteiger partial charge in [0.05, 0.1) is 18.0 Å². The summed E-state index contributed by atoms with van der Waals surface area (Å²) in [6, 6.07) is 7.36.